The van der Waals surface area contributed by atoms with Crippen molar-refractivity contribution in [2.24, 2.45) is 0 Å². The molecular formula is C13H14BrClN4O3S. The van der Waals surface area contributed by atoms with E-state index in [0.717, 1.165) is 4.47 Å². The average Bonchev–Trinajstić information content (AvgIpc) is 2.49. The van der Waals surface area contributed by atoms with E-state index >= 15 is 0 Å². The van der Waals surface area contributed by atoms with Crippen LogP contribution in [-0.2, 0) is 14.9 Å². The van der Waals surface area contributed by atoms with Crippen molar-refractivity contribution in [2.45, 2.75) is 0 Å². The molecule has 0 spiro atoms. The van der Waals surface area contributed by atoms with E-state index in [1.165, 1.54) is 13.4 Å². The third-order valence-electron chi connectivity index (χ3n) is 2.76. The summed E-state index contributed by atoms with van der Waals surface area (Å²) in [4.78, 5) is 7.89. The highest BCUT2D eigenvalue weighted by atomic mass is 79.9. The van der Waals surface area contributed by atoms with E-state index < -0.39 is 10.2 Å². The van der Waals surface area contributed by atoms with Gasteiger partial charge in [0.15, 0.2) is 5.82 Å². The molecule has 0 aliphatic carbocycles. The predicted molar refractivity (Wildman–Crippen MR) is 92.6 cm³/mol. The molecule has 0 radical (unpaired) electrons. The van der Waals surface area contributed by atoms with Crippen LogP contribution in [0.5, 0.6) is 0 Å². The van der Waals surface area contributed by atoms with Crippen LogP contribution in [0.15, 0.2) is 35.1 Å². The van der Waals surface area contributed by atoms with Crippen LogP contribution in [0.2, 0.25) is 5.15 Å². The first kappa shape index (κ1) is 18.1. The molecule has 1 aromatic carbocycles. The molecule has 7 nitrogen and oxygen atoms in total. The maximum atomic E-state index is 12.0. The molecule has 0 aliphatic rings. The summed E-state index contributed by atoms with van der Waals surface area (Å²) in [6.45, 7) is 0.392. The van der Waals surface area contributed by atoms with Crippen molar-refractivity contribution in [2.75, 3.05) is 25.0 Å². The molecule has 0 saturated carbocycles. The molecule has 0 unspecified atom stereocenters. The van der Waals surface area contributed by atoms with Crippen molar-refractivity contribution < 1.29 is 13.2 Å². The van der Waals surface area contributed by atoms with E-state index in [-0.39, 0.29) is 24.1 Å². The monoisotopic (exact) mass is 420 g/mol. The van der Waals surface area contributed by atoms with Crippen molar-refractivity contribution in [1.29, 1.82) is 0 Å². The maximum Gasteiger partial charge on any atom is 0.300 e. The number of rotatable bonds is 7. The number of halogens is 2. The molecule has 124 valence electrons. The molecular weight excluding hydrogens is 408 g/mol. The van der Waals surface area contributed by atoms with Gasteiger partial charge in [0, 0.05) is 18.1 Å². The molecule has 0 fully saturated rings. The van der Waals surface area contributed by atoms with Gasteiger partial charge in [0.25, 0.3) is 10.2 Å². The van der Waals surface area contributed by atoms with Gasteiger partial charge in [0.05, 0.1) is 12.2 Å². The van der Waals surface area contributed by atoms with Gasteiger partial charge in [-0.3, -0.25) is 4.72 Å². The number of nitrogens with one attached hydrogen (secondary N) is 2. The van der Waals surface area contributed by atoms with Crippen molar-refractivity contribution in [3.8, 4) is 11.1 Å². The summed E-state index contributed by atoms with van der Waals surface area (Å²) in [6, 6.07) is 7.19. The van der Waals surface area contributed by atoms with Crippen LogP contribution in [0.4, 0.5) is 5.82 Å². The Morgan fingerprint density at radius 1 is 1.26 bits per heavy atom. The van der Waals surface area contributed by atoms with Crippen molar-refractivity contribution in [3.05, 3.63) is 40.2 Å². The number of aromatic nitrogens is 2. The zero-order valence-electron chi connectivity index (χ0n) is 12.1. The summed E-state index contributed by atoms with van der Waals surface area (Å²) in [5, 5.41) is 0.150. The maximum absolute atomic E-state index is 12.0. The van der Waals surface area contributed by atoms with Gasteiger partial charge in [-0.25, -0.2) is 9.97 Å². The molecule has 2 rings (SSSR count). The Kier molecular flexibility index (Phi) is 6.31. The quantitative estimate of drug-likeness (QED) is 0.529. The van der Waals surface area contributed by atoms with Crippen molar-refractivity contribution in [1.82, 2.24) is 14.7 Å². The highest BCUT2D eigenvalue weighted by Crippen LogP contribution is 2.32. The fourth-order valence-electron chi connectivity index (χ4n) is 1.76. The molecule has 0 saturated heterocycles. The molecule has 10 heteroatoms. The minimum absolute atomic E-state index is 0.0947. The summed E-state index contributed by atoms with van der Waals surface area (Å²) >= 11 is 9.46. The van der Waals surface area contributed by atoms with Gasteiger partial charge in [0.2, 0.25) is 0 Å². The number of nitrogens with zero attached hydrogens (tertiary/aromatic N) is 2. The molecule has 2 N–H and O–H groups in total. The highest BCUT2D eigenvalue weighted by Gasteiger charge is 2.17. The first-order valence-corrected chi connectivity index (χ1v) is 9.11. The number of hydrogen-bond acceptors (Lipinski definition) is 5. The lowest BCUT2D eigenvalue weighted by atomic mass is 10.1. The predicted octanol–water partition coefficient (Wildman–Crippen LogP) is 2.45. The third kappa shape index (κ3) is 5.11. The highest BCUT2D eigenvalue weighted by molar-refractivity contribution is 9.10. The Bertz CT molecular complexity index is 771. The Labute approximate surface area is 147 Å². The minimum atomic E-state index is -3.80. The number of ether oxygens (including phenoxy) is 1. The zero-order chi connectivity index (χ0) is 16.9. The zero-order valence-corrected chi connectivity index (χ0v) is 15.2. The second kappa shape index (κ2) is 8.02. The lowest BCUT2D eigenvalue weighted by Crippen LogP contribution is -2.33. The van der Waals surface area contributed by atoms with Gasteiger partial charge in [0.1, 0.15) is 11.5 Å². The molecule has 1 aromatic heterocycles. The first-order chi connectivity index (χ1) is 10.9. The van der Waals surface area contributed by atoms with E-state index in [4.69, 9.17) is 16.3 Å². The van der Waals surface area contributed by atoms with Crippen LogP contribution >= 0.6 is 27.5 Å². The summed E-state index contributed by atoms with van der Waals surface area (Å²) in [5.74, 6) is 0.0947. The van der Waals surface area contributed by atoms with Gasteiger partial charge in [-0.2, -0.15) is 13.1 Å². The summed E-state index contributed by atoms with van der Waals surface area (Å²) < 4.78 is 34.5. The standard InChI is InChI=1S/C13H14BrClN4O3S/c1-22-7-6-18-23(20,21)19-13-11(12(15)16-8-17-13)9-2-4-10(14)5-3-9/h2-5,8,18H,6-7H2,1H3,(H,16,17,19). The lowest BCUT2D eigenvalue weighted by molar-refractivity contribution is 0.204. The number of benzene rings is 1. The number of methoxy groups -OCH3 is 1. The van der Waals surface area contributed by atoms with Crippen LogP contribution in [0.3, 0.4) is 0 Å². The molecule has 2 aromatic rings. The number of hydrogen-bond donors (Lipinski definition) is 2. The topological polar surface area (TPSA) is 93.2 Å². The SMILES string of the molecule is COCCNS(=O)(=O)Nc1ncnc(Cl)c1-c1ccc(Br)cc1. The Hall–Kier alpha value is -1.26. The lowest BCUT2D eigenvalue weighted by Gasteiger charge is -2.13. The Balaban J connectivity index is 2.33. The fourth-order valence-corrected chi connectivity index (χ4v) is 3.10. The van der Waals surface area contributed by atoms with Crippen LogP contribution < -0.4 is 9.44 Å². The van der Waals surface area contributed by atoms with Crippen LogP contribution in [0.25, 0.3) is 11.1 Å². The van der Waals surface area contributed by atoms with Crippen LogP contribution in [0, 0.1) is 0 Å². The molecule has 0 amide bonds. The second-order valence-electron chi connectivity index (χ2n) is 4.39. The molecule has 1 heterocycles. The third-order valence-corrected chi connectivity index (χ3v) is 4.62. The van der Waals surface area contributed by atoms with E-state index in [9.17, 15) is 8.42 Å². The van der Waals surface area contributed by atoms with Gasteiger partial charge in [-0.1, -0.05) is 39.7 Å². The van der Waals surface area contributed by atoms with E-state index in [1.54, 1.807) is 12.1 Å². The first-order valence-electron chi connectivity index (χ1n) is 6.46. The molecule has 0 aliphatic heterocycles. The molecule has 0 atom stereocenters. The minimum Gasteiger partial charge on any atom is -0.383 e. The van der Waals surface area contributed by atoms with Gasteiger partial charge in [-0.15, -0.1) is 0 Å². The van der Waals surface area contributed by atoms with Gasteiger partial charge in [-0.05, 0) is 17.7 Å². The Morgan fingerprint density at radius 3 is 2.61 bits per heavy atom. The molecule has 23 heavy (non-hydrogen) atoms. The van der Waals surface area contributed by atoms with Crippen molar-refractivity contribution in [3.63, 3.8) is 0 Å². The van der Waals surface area contributed by atoms with Crippen LogP contribution in [0.1, 0.15) is 0 Å². The van der Waals surface area contributed by atoms with Gasteiger partial charge < -0.3 is 4.74 Å². The van der Waals surface area contributed by atoms with E-state index in [0.29, 0.717) is 11.1 Å². The second-order valence-corrected chi connectivity index (χ2v) is 7.16. The summed E-state index contributed by atoms with van der Waals surface area (Å²) in [5.41, 5.74) is 1.09. The largest absolute Gasteiger partial charge is 0.383 e. The molecule has 0 bridgehead atoms. The number of anilines is 1. The van der Waals surface area contributed by atoms with Gasteiger partial charge >= 0.3 is 0 Å². The average molecular weight is 422 g/mol. The normalized spacial score (nSPS) is 11.4. The van der Waals surface area contributed by atoms with Crippen molar-refractivity contribution >= 4 is 43.6 Å². The van der Waals surface area contributed by atoms with E-state index in [1.807, 2.05) is 12.1 Å². The summed E-state index contributed by atoms with van der Waals surface area (Å²) in [6.07, 6.45) is 1.19. The van der Waals surface area contributed by atoms with Crippen LogP contribution in [-0.4, -0.2) is 38.6 Å². The summed E-state index contributed by atoms with van der Waals surface area (Å²) in [7, 11) is -2.32. The van der Waals surface area contributed by atoms with E-state index in [2.05, 4.69) is 35.3 Å². The smallest absolute Gasteiger partial charge is 0.300 e. The fraction of sp³-hybridized carbons (Fsp3) is 0.231. The Morgan fingerprint density at radius 2 is 1.96 bits per heavy atom.